The number of fused-ring (bicyclic) bond motifs is 1. The smallest absolute Gasteiger partial charge is 0.251 e. The molecule has 3 aromatic rings. The number of hydrogen-bond acceptors (Lipinski definition) is 5. The van der Waals surface area contributed by atoms with Crippen LogP contribution >= 0.6 is 11.6 Å². The number of sulfonamides is 1. The van der Waals surface area contributed by atoms with Gasteiger partial charge in [0, 0.05) is 23.5 Å². The molecule has 22 heavy (non-hydrogen) atoms. The summed E-state index contributed by atoms with van der Waals surface area (Å²) in [5.74, 6) is 0.0269. The summed E-state index contributed by atoms with van der Waals surface area (Å²) in [5.41, 5.74) is 0. The topological polar surface area (TPSA) is 89.8 Å². The Morgan fingerprint density at radius 3 is 2.77 bits per heavy atom. The van der Waals surface area contributed by atoms with E-state index < -0.39 is 10.0 Å². The largest absolute Gasteiger partial charge is 0.264 e. The highest BCUT2D eigenvalue weighted by Gasteiger charge is 2.20. The summed E-state index contributed by atoms with van der Waals surface area (Å²) >= 11 is 6.01. The van der Waals surface area contributed by atoms with Crippen molar-refractivity contribution in [3.05, 3.63) is 41.9 Å². The molecule has 0 fully saturated rings. The van der Waals surface area contributed by atoms with Gasteiger partial charge in [0.25, 0.3) is 16.0 Å². The van der Waals surface area contributed by atoms with Gasteiger partial charge in [-0.1, -0.05) is 23.7 Å². The normalized spacial score (nSPS) is 11.7. The van der Waals surface area contributed by atoms with E-state index in [1.54, 1.807) is 18.2 Å². The Labute approximate surface area is 132 Å². The number of benzene rings is 1. The Kier molecular flexibility index (Phi) is 3.71. The van der Waals surface area contributed by atoms with Gasteiger partial charge >= 0.3 is 0 Å². The molecular weight excluding hydrogens is 326 g/mol. The maximum absolute atomic E-state index is 12.6. The van der Waals surface area contributed by atoms with Crippen molar-refractivity contribution in [2.45, 2.75) is 18.4 Å². The summed E-state index contributed by atoms with van der Waals surface area (Å²) in [5, 5.41) is 5.33. The van der Waals surface area contributed by atoms with Crippen molar-refractivity contribution in [1.29, 1.82) is 0 Å². The van der Waals surface area contributed by atoms with Crippen LogP contribution < -0.4 is 4.72 Å². The summed E-state index contributed by atoms with van der Waals surface area (Å²) in [6.45, 7) is 2.48. The minimum absolute atomic E-state index is 0.0269. The lowest BCUT2D eigenvalue weighted by atomic mass is 10.2. The third-order valence-corrected chi connectivity index (χ3v) is 4.78. The van der Waals surface area contributed by atoms with Crippen molar-refractivity contribution in [3.8, 4) is 0 Å². The van der Waals surface area contributed by atoms with Gasteiger partial charge in [-0.2, -0.15) is 4.98 Å². The molecule has 1 aromatic carbocycles. The molecule has 0 saturated carbocycles. The first-order valence-corrected chi connectivity index (χ1v) is 8.33. The van der Waals surface area contributed by atoms with Crippen LogP contribution in [0.25, 0.3) is 10.8 Å². The van der Waals surface area contributed by atoms with Gasteiger partial charge in [0.2, 0.25) is 0 Å². The number of pyridine rings is 1. The molecule has 0 bridgehead atoms. The lowest BCUT2D eigenvalue weighted by molar-refractivity contribution is 0.601. The van der Waals surface area contributed by atoms with Crippen LogP contribution in [0.4, 0.5) is 5.95 Å². The molecule has 0 spiro atoms. The average molecular weight is 338 g/mol. The number of aromatic nitrogens is 4. The standard InChI is InChI=1S/C13H12ClN5O2S/c1-2-19-8-16-13(17-19)18-22(20,21)11-5-3-4-10-9(11)6-7-15-12(10)14/h3-8H,2H2,1H3,(H,17,18). The molecule has 0 amide bonds. The monoisotopic (exact) mass is 337 g/mol. The molecule has 0 aliphatic rings. The average Bonchev–Trinajstić information content (AvgIpc) is 2.94. The fraction of sp³-hybridized carbons (Fsp3) is 0.154. The third-order valence-electron chi connectivity index (χ3n) is 3.09. The Morgan fingerprint density at radius 1 is 1.23 bits per heavy atom. The molecule has 7 nitrogen and oxygen atoms in total. The van der Waals surface area contributed by atoms with E-state index >= 15 is 0 Å². The Morgan fingerprint density at radius 2 is 2.05 bits per heavy atom. The van der Waals surface area contributed by atoms with Crippen molar-refractivity contribution >= 4 is 38.3 Å². The lowest BCUT2D eigenvalue weighted by Gasteiger charge is -2.08. The second-order valence-corrected chi connectivity index (χ2v) is 6.49. The minimum atomic E-state index is -3.83. The number of rotatable bonds is 4. The SMILES string of the molecule is CCn1cnc(NS(=O)(=O)c2cccc3c(Cl)nccc23)n1. The molecule has 114 valence electrons. The van der Waals surface area contributed by atoms with E-state index in [4.69, 9.17) is 11.6 Å². The maximum Gasteiger partial charge on any atom is 0.264 e. The molecule has 0 aliphatic carbocycles. The quantitative estimate of drug-likeness (QED) is 0.738. The predicted octanol–water partition coefficient (Wildman–Crippen LogP) is 2.30. The number of hydrogen-bond donors (Lipinski definition) is 1. The van der Waals surface area contributed by atoms with Crippen LogP contribution in [0.3, 0.4) is 0 Å². The van der Waals surface area contributed by atoms with Crippen molar-refractivity contribution in [1.82, 2.24) is 19.7 Å². The van der Waals surface area contributed by atoms with E-state index in [1.165, 1.54) is 23.3 Å². The summed E-state index contributed by atoms with van der Waals surface area (Å²) < 4.78 is 29.0. The molecule has 2 aromatic heterocycles. The van der Waals surface area contributed by atoms with Crippen molar-refractivity contribution < 1.29 is 8.42 Å². The van der Waals surface area contributed by atoms with Crippen LogP contribution in [-0.4, -0.2) is 28.2 Å². The summed E-state index contributed by atoms with van der Waals surface area (Å²) in [6.07, 6.45) is 2.93. The van der Waals surface area contributed by atoms with Gasteiger partial charge in [-0.3, -0.25) is 4.68 Å². The molecular formula is C13H12ClN5O2S. The second kappa shape index (κ2) is 5.54. The Hall–Kier alpha value is -2.19. The zero-order chi connectivity index (χ0) is 15.7. The van der Waals surface area contributed by atoms with Crippen LogP contribution in [0.5, 0.6) is 0 Å². The molecule has 0 radical (unpaired) electrons. The van der Waals surface area contributed by atoms with Crippen molar-refractivity contribution in [3.63, 3.8) is 0 Å². The first kappa shape index (κ1) is 14.7. The highest BCUT2D eigenvalue weighted by atomic mass is 35.5. The first-order valence-electron chi connectivity index (χ1n) is 6.47. The lowest BCUT2D eigenvalue weighted by Crippen LogP contribution is -2.14. The molecule has 0 saturated heterocycles. The molecule has 9 heteroatoms. The zero-order valence-corrected chi connectivity index (χ0v) is 13.1. The first-order chi connectivity index (χ1) is 10.5. The van der Waals surface area contributed by atoms with Gasteiger partial charge in [-0.25, -0.2) is 18.1 Å². The number of nitrogens with zero attached hydrogens (tertiary/aromatic N) is 4. The molecule has 1 N–H and O–H groups in total. The van der Waals surface area contributed by atoms with E-state index in [0.29, 0.717) is 17.3 Å². The molecule has 0 atom stereocenters. The van der Waals surface area contributed by atoms with Gasteiger partial charge in [-0.15, -0.1) is 5.10 Å². The number of anilines is 1. The van der Waals surface area contributed by atoms with E-state index in [9.17, 15) is 8.42 Å². The van der Waals surface area contributed by atoms with Gasteiger partial charge in [-0.05, 0) is 19.1 Å². The number of nitrogens with one attached hydrogen (secondary N) is 1. The minimum Gasteiger partial charge on any atom is -0.251 e. The number of halogens is 1. The van der Waals surface area contributed by atoms with Crippen LogP contribution in [0.2, 0.25) is 5.15 Å². The maximum atomic E-state index is 12.6. The van der Waals surface area contributed by atoms with E-state index in [1.807, 2.05) is 6.92 Å². The highest BCUT2D eigenvalue weighted by molar-refractivity contribution is 7.93. The zero-order valence-electron chi connectivity index (χ0n) is 11.6. The predicted molar refractivity (Wildman–Crippen MR) is 83.3 cm³/mol. The van der Waals surface area contributed by atoms with Gasteiger partial charge in [0.15, 0.2) is 0 Å². The summed E-state index contributed by atoms with van der Waals surface area (Å²) in [4.78, 5) is 7.97. The molecule has 3 rings (SSSR count). The fourth-order valence-corrected chi connectivity index (χ4v) is 3.44. The van der Waals surface area contributed by atoms with Gasteiger partial charge < -0.3 is 0 Å². The third kappa shape index (κ3) is 2.62. The number of aryl methyl sites for hydroxylation is 1. The summed E-state index contributed by atoms with van der Waals surface area (Å²) in [7, 11) is -3.83. The Bertz CT molecular complexity index is 939. The van der Waals surface area contributed by atoms with Gasteiger partial charge in [0.1, 0.15) is 11.5 Å². The van der Waals surface area contributed by atoms with Crippen molar-refractivity contribution in [2.24, 2.45) is 0 Å². The fourth-order valence-electron chi connectivity index (χ4n) is 2.05. The highest BCUT2D eigenvalue weighted by Crippen LogP contribution is 2.27. The van der Waals surface area contributed by atoms with Crippen LogP contribution in [0.15, 0.2) is 41.7 Å². The van der Waals surface area contributed by atoms with Gasteiger partial charge in [0.05, 0.1) is 4.90 Å². The molecule has 0 aliphatic heterocycles. The molecule has 0 unspecified atom stereocenters. The summed E-state index contributed by atoms with van der Waals surface area (Å²) in [6, 6.07) is 6.43. The van der Waals surface area contributed by atoms with Crippen LogP contribution in [-0.2, 0) is 16.6 Å². The Balaban J connectivity index is 2.07. The van der Waals surface area contributed by atoms with E-state index in [0.717, 1.165) is 0 Å². The van der Waals surface area contributed by atoms with Crippen molar-refractivity contribution in [2.75, 3.05) is 4.72 Å². The van der Waals surface area contributed by atoms with Crippen LogP contribution in [0.1, 0.15) is 6.92 Å². The van der Waals surface area contributed by atoms with Crippen LogP contribution in [0, 0.1) is 0 Å². The van der Waals surface area contributed by atoms with E-state index in [-0.39, 0.29) is 16.0 Å². The van der Waals surface area contributed by atoms with E-state index in [2.05, 4.69) is 19.8 Å². The second-order valence-electron chi connectivity index (χ2n) is 4.48. The molecule has 2 heterocycles.